The van der Waals surface area contributed by atoms with Gasteiger partial charge in [0.2, 0.25) is 0 Å². The van der Waals surface area contributed by atoms with Gasteiger partial charge in [-0.05, 0) is 37.8 Å². The molecule has 2 aliphatic rings. The Bertz CT molecular complexity index is 559. The van der Waals surface area contributed by atoms with Crippen molar-refractivity contribution < 1.29 is 14.7 Å². The maximum absolute atomic E-state index is 12.5. The van der Waals surface area contributed by atoms with Gasteiger partial charge in [0.25, 0.3) is 11.8 Å². The normalized spacial score (nSPS) is 20.6. The fraction of sp³-hybridized carbons (Fsp3) is 0.500. The summed E-state index contributed by atoms with van der Waals surface area (Å²) in [5, 5.41) is 10.5. The fourth-order valence-corrected chi connectivity index (χ4v) is 3.35. The van der Waals surface area contributed by atoms with Gasteiger partial charge >= 0.3 is 0 Å². The highest BCUT2D eigenvalue weighted by Gasteiger charge is 2.43. The second-order valence-corrected chi connectivity index (χ2v) is 6.08. The number of benzene rings is 1. The lowest BCUT2D eigenvalue weighted by Gasteiger charge is -2.27. The van der Waals surface area contributed by atoms with Crippen molar-refractivity contribution in [1.29, 1.82) is 0 Å². The molecule has 1 saturated carbocycles. The molecule has 4 nitrogen and oxygen atoms in total. The molecule has 1 aromatic carbocycles. The number of imide groups is 1. The second-order valence-electron chi connectivity index (χ2n) is 6.08. The lowest BCUT2D eigenvalue weighted by Crippen LogP contribution is -2.44. The minimum atomic E-state index is -0.894. The van der Waals surface area contributed by atoms with E-state index in [9.17, 15) is 14.7 Å². The van der Waals surface area contributed by atoms with Crippen molar-refractivity contribution in [3.8, 4) is 0 Å². The SMILES string of the molecule is Cc1ccc(C)c2c1C(=O)N(CC1(O)CCCC1)C2=O. The van der Waals surface area contributed by atoms with Crippen LogP contribution in [0.25, 0.3) is 0 Å². The first-order valence-electron chi connectivity index (χ1n) is 7.12. The van der Waals surface area contributed by atoms with Gasteiger partial charge in [-0.25, -0.2) is 0 Å². The molecule has 4 heteroatoms. The Balaban J connectivity index is 1.97. The van der Waals surface area contributed by atoms with Crippen LogP contribution in [0, 0.1) is 13.8 Å². The topological polar surface area (TPSA) is 57.6 Å². The van der Waals surface area contributed by atoms with Crippen LogP contribution < -0.4 is 0 Å². The maximum atomic E-state index is 12.5. The van der Waals surface area contributed by atoms with E-state index in [1.54, 1.807) is 0 Å². The van der Waals surface area contributed by atoms with Crippen molar-refractivity contribution in [2.45, 2.75) is 45.1 Å². The molecule has 2 amide bonds. The molecule has 1 N–H and O–H groups in total. The molecule has 0 radical (unpaired) electrons. The first-order chi connectivity index (χ1) is 9.43. The van der Waals surface area contributed by atoms with E-state index in [4.69, 9.17) is 0 Å². The van der Waals surface area contributed by atoms with Crippen LogP contribution in [0.2, 0.25) is 0 Å². The number of carbonyl (C=O) groups is 2. The van der Waals surface area contributed by atoms with Gasteiger partial charge in [-0.2, -0.15) is 0 Å². The quantitative estimate of drug-likeness (QED) is 0.840. The summed E-state index contributed by atoms with van der Waals surface area (Å²) in [5.74, 6) is -0.516. The Kier molecular flexibility index (Phi) is 2.94. The average molecular weight is 273 g/mol. The summed E-state index contributed by atoms with van der Waals surface area (Å²) in [6.07, 6.45) is 3.24. The minimum absolute atomic E-state index is 0.123. The Labute approximate surface area is 118 Å². The van der Waals surface area contributed by atoms with Crippen molar-refractivity contribution in [3.05, 3.63) is 34.4 Å². The molecule has 0 atom stereocenters. The van der Waals surface area contributed by atoms with Gasteiger partial charge in [0.1, 0.15) is 0 Å². The smallest absolute Gasteiger partial charge is 0.261 e. The molecule has 20 heavy (non-hydrogen) atoms. The lowest BCUT2D eigenvalue weighted by molar-refractivity contribution is 0.0124. The number of rotatable bonds is 2. The van der Waals surface area contributed by atoms with Gasteiger partial charge in [0.05, 0.1) is 23.3 Å². The van der Waals surface area contributed by atoms with Crippen LogP contribution in [0.4, 0.5) is 0 Å². The van der Waals surface area contributed by atoms with Crippen molar-refractivity contribution in [2.24, 2.45) is 0 Å². The third kappa shape index (κ3) is 1.86. The molecule has 0 unspecified atom stereocenters. The molecule has 0 bridgehead atoms. The van der Waals surface area contributed by atoms with Gasteiger partial charge in [0.15, 0.2) is 0 Å². The van der Waals surface area contributed by atoms with E-state index in [0.717, 1.165) is 24.0 Å². The van der Waals surface area contributed by atoms with Crippen LogP contribution in [-0.4, -0.2) is 34.0 Å². The third-order valence-electron chi connectivity index (χ3n) is 4.53. The zero-order valence-corrected chi connectivity index (χ0v) is 11.9. The third-order valence-corrected chi connectivity index (χ3v) is 4.53. The highest BCUT2D eigenvalue weighted by atomic mass is 16.3. The lowest BCUT2D eigenvalue weighted by atomic mass is 9.99. The Hall–Kier alpha value is -1.68. The summed E-state index contributed by atoms with van der Waals surface area (Å²) in [6, 6.07) is 3.74. The van der Waals surface area contributed by atoms with Gasteiger partial charge in [-0.15, -0.1) is 0 Å². The van der Waals surface area contributed by atoms with E-state index in [-0.39, 0.29) is 18.4 Å². The summed E-state index contributed by atoms with van der Waals surface area (Å²) in [4.78, 5) is 26.2. The van der Waals surface area contributed by atoms with Gasteiger partial charge in [-0.3, -0.25) is 14.5 Å². The predicted molar refractivity (Wildman–Crippen MR) is 74.7 cm³/mol. The van der Waals surface area contributed by atoms with Crippen molar-refractivity contribution >= 4 is 11.8 Å². The maximum Gasteiger partial charge on any atom is 0.261 e. The van der Waals surface area contributed by atoms with Gasteiger partial charge in [0, 0.05) is 0 Å². The Morgan fingerprint density at radius 3 is 1.95 bits per heavy atom. The molecule has 0 aromatic heterocycles. The van der Waals surface area contributed by atoms with Crippen LogP contribution in [0.1, 0.15) is 57.5 Å². The van der Waals surface area contributed by atoms with E-state index in [2.05, 4.69) is 0 Å². The number of aryl methyl sites for hydroxylation is 2. The van der Waals surface area contributed by atoms with E-state index in [1.165, 1.54) is 4.90 Å². The molecule has 3 rings (SSSR count). The van der Waals surface area contributed by atoms with Crippen molar-refractivity contribution in [3.63, 3.8) is 0 Å². The second kappa shape index (κ2) is 4.42. The summed E-state index contributed by atoms with van der Waals surface area (Å²) in [6.45, 7) is 3.81. The van der Waals surface area contributed by atoms with Crippen LogP contribution in [0.15, 0.2) is 12.1 Å². The number of aliphatic hydroxyl groups is 1. The average Bonchev–Trinajstić information content (AvgIpc) is 2.93. The molecule has 106 valence electrons. The standard InChI is InChI=1S/C16H19NO3/c1-10-5-6-11(2)13-12(10)14(18)17(15(13)19)9-16(20)7-3-4-8-16/h5-6,20H,3-4,7-9H2,1-2H3. The molecular weight excluding hydrogens is 254 g/mol. The molecule has 0 spiro atoms. The minimum Gasteiger partial charge on any atom is -0.388 e. The zero-order valence-electron chi connectivity index (χ0n) is 11.9. The predicted octanol–water partition coefficient (Wildman–Crippen LogP) is 2.20. The van der Waals surface area contributed by atoms with E-state index in [1.807, 2.05) is 26.0 Å². The number of nitrogens with zero attached hydrogens (tertiary/aromatic N) is 1. The van der Waals surface area contributed by atoms with Gasteiger partial charge in [-0.1, -0.05) is 25.0 Å². The van der Waals surface area contributed by atoms with Crippen LogP contribution in [-0.2, 0) is 0 Å². The molecule has 1 aliphatic carbocycles. The number of hydrogen-bond acceptors (Lipinski definition) is 3. The summed E-state index contributed by atoms with van der Waals surface area (Å²) in [5.41, 5.74) is 1.78. The van der Waals surface area contributed by atoms with E-state index < -0.39 is 5.60 Å². The molecule has 0 saturated heterocycles. The first-order valence-corrected chi connectivity index (χ1v) is 7.12. The van der Waals surface area contributed by atoms with Crippen LogP contribution in [0.5, 0.6) is 0 Å². The Morgan fingerprint density at radius 2 is 1.50 bits per heavy atom. The summed E-state index contributed by atoms with van der Waals surface area (Å²) in [7, 11) is 0. The zero-order chi connectivity index (χ0) is 14.5. The fourth-order valence-electron chi connectivity index (χ4n) is 3.35. The molecule has 1 heterocycles. The number of amides is 2. The van der Waals surface area contributed by atoms with Crippen molar-refractivity contribution in [1.82, 2.24) is 4.90 Å². The molecule has 1 aromatic rings. The Morgan fingerprint density at radius 1 is 1.05 bits per heavy atom. The molecule has 1 aliphatic heterocycles. The largest absolute Gasteiger partial charge is 0.388 e. The number of β-amino-alcohol motifs (C(OH)–C–C–N with tert-alkyl or cyclic N) is 1. The van der Waals surface area contributed by atoms with E-state index >= 15 is 0 Å². The van der Waals surface area contributed by atoms with Crippen LogP contribution in [0.3, 0.4) is 0 Å². The number of fused-ring (bicyclic) bond motifs is 1. The van der Waals surface area contributed by atoms with Gasteiger partial charge < -0.3 is 5.11 Å². The number of carbonyl (C=O) groups excluding carboxylic acids is 2. The monoisotopic (exact) mass is 273 g/mol. The summed E-state index contributed by atoms with van der Waals surface area (Å²) >= 11 is 0. The van der Waals surface area contributed by atoms with E-state index in [0.29, 0.717) is 24.0 Å². The highest BCUT2D eigenvalue weighted by Crippen LogP contribution is 2.34. The van der Waals surface area contributed by atoms with Crippen LogP contribution >= 0.6 is 0 Å². The van der Waals surface area contributed by atoms with Crippen molar-refractivity contribution in [2.75, 3.05) is 6.54 Å². The molecule has 1 fully saturated rings. The highest BCUT2D eigenvalue weighted by molar-refractivity contribution is 6.22. The first kappa shape index (κ1) is 13.3. The number of hydrogen-bond donors (Lipinski definition) is 1. The molecular formula is C16H19NO3. The summed E-state index contributed by atoms with van der Waals surface area (Å²) < 4.78 is 0.